The molecular formula is C16H13N3. The van der Waals surface area contributed by atoms with Crippen molar-refractivity contribution in [3.63, 3.8) is 0 Å². The molecule has 0 saturated carbocycles. The normalized spacial score (nSPS) is 10.5. The van der Waals surface area contributed by atoms with Crippen LogP contribution in [0.4, 0.5) is 5.69 Å². The summed E-state index contributed by atoms with van der Waals surface area (Å²) in [6.45, 7) is 0. The Bertz CT molecular complexity index is 789. The average molecular weight is 247 g/mol. The lowest BCUT2D eigenvalue weighted by atomic mass is 10.0. The highest BCUT2D eigenvalue weighted by Crippen LogP contribution is 2.31. The summed E-state index contributed by atoms with van der Waals surface area (Å²) in [5.41, 5.74) is 10.6. The number of rotatable bonds is 1. The highest BCUT2D eigenvalue weighted by molar-refractivity contribution is 5.97. The maximum Gasteiger partial charge on any atom is 0.0991 e. The van der Waals surface area contributed by atoms with Crippen molar-refractivity contribution in [2.24, 2.45) is 7.05 Å². The Labute approximate surface area is 111 Å². The minimum absolute atomic E-state index is 0.674. The number of hydrogen-bond acceptors (Lipinski definition) is 2. The van der Waals surface area contributed by atoms with Crippen LogP contribution in [0, 0.1) is 11.3 Å². The molecule has 3 aromatic rings. The minimum atomic E-state index is 0.674. The predicted octanol–water partition coefficient (Wildman–Crippen LogP) is 3.30. The van der Waals surface area contributed by atoms with Gasteiger partial charge in [-0.05, 0) is 29.8 Å². The van der Waals surface area contributed by atoms with Crippen molar-refractivity contribution in [3.05, 3.63) is 54.2 Å². The predicted molar refractivity (Wildman–Crippen MR) is 77.5 cm³/mol. The van der Waals surface area contributed by atoms with Gasteiger partial charge in [0.15, 0.2) is 0 Å². The van der Waals surface area contributed by atoms with Crippen LogP contribution < -0.4 is 5.73 Å². The Morgan fingerprint density at radius 3 is 2.53 bits per heavy atom. The summed E-state index contributed by atoms with van der Waals surface area (Å²) in [4.78, 5) is 0. The third-order valence-corrected chi connectivity index (χ3v) is 3.34. The first kappa shape index (κ1) is 11.4. The molecule has 2 aromatic carbocycles. The van der Waals surface area contributed by atoms with E-state index >= 15 is 0 Å². The number of aryl methyl sites for hydroxylation is 1. The molecule has 0 unspecified atom stereocenters. The van der Waals surface area contributed by atoms with Crippen molar-refractivity contribution in [1.29, 1.82) is 5.26 Å². The third kappa shape index (κ3) is 1.84. The summed E-state index contributed by atoms with van der Waals surface area (Å²) in [6, 6.07) is 15.7. The first-order valence-electron chi connectivity index (χ1n) is 6.04. The number of benzene rings is 2. The van der Waals surface area contributed by atoms with Crippen LogP contribution >= 0.6 is 0 Å². The van der Waals surface area contributed by atoms with Gasteiger partial charge in [0.05, 0.1) is 17.1 Å². The molecule has 0 aliphatic heterocycles. The summed E-state index contributed by atoms with van der Waals surface area (Å²) in [7, 11) is 2.01. The van der Waals surface area contributed by atoms with Crippen LogP contribution in [0.3, 0.4) is 0 Å². The van der Waals surface area contributed by atoms with Crippen LogP contribution in [0.5, 0.6) is 0 Å². The van der Waals surface area contributed by atoms with Gasteiger partial charge in [0.25, 0.3) is 0 Å². The van der Waals surface area contributed by atoms with E-state index in [-0.39, 0.29) is 0 Å². The number of nitrogen functional groups attached to an aromatic ring is 1. The first-order valence-corrected chi connectivity index (χ1v) is 6.04. The first-order chi connectivity index (χ1) is 9.19. The van der Waals surface area contributed by atoms with E-state index in [1.54, 1.807) is 0 Å². The van der Waals surface area contributed by atoms with Crippen LogP contribution in [-0.2, 0) is 7.05 Å². The van der Waals surface area contributed by atoms with E-state index < -0.39 is 0 Å². The van der Waals surface area contributed by atoms with Gasteiger partial charge in [0.2, 0.25) is 0 Å². The molecule has 0 bridgehead atoms. The fraction of sp³-hybridized carbons (Fsp3) is 0.0625. The number of nitrogens with zero attached hydrogens (tertiary/aromatic N) is 2. The quantitative estimate of drug-likeness (QED) is 0.671. The number of hydrogen-bond donors (Lipinski definition) is 1. The monoisotopic (exact) mass is 247 g/mol. The highest BCUT2D eigenvalue weighted by atomic mass is 14.9. The molecule has 0 radical (unpaired) electrons. The summed E-state index contributed by atoms with van der Waals surface area (Å²) < 4.78 is 2.07. The van der Waals surface area contributed by atoms with Crippen LogP contribution in [0.25, 0.3) is 22.0 Å². The highest BCUT2D eigenvalue weighted by Gasteiger charge is 2.08. The van der Waals surface area contributed by atoms with Crippen molar-refractivity contribution in [2.45, 2.75) is 0 Å². The standard InChI is InChI=1S/C16H13N3/c1-19-10-15(12-4-2-11(9-17)3-5-12)14-7-6-13(18)8-16(14)19/h2-8,10H,18H2,1H3. The molecule has 1 aromatic heterocycles. The summed E-state index contributed by atoms with van der Waals surface area (Å²) in [5, 5.41) is 10.0. The molecule has 0 spiro atoms. The Kier molecular flexibility index (Phi) is 2.50. The molecule has 0 aliphatic rings. The largest absolute Gasteiger partial charge is 0.399 e. The lowest BCUT2D eigenvalue weighted by Gasteiger charge is -2.00. The molecule has 0 saturated heterocycles. The zero-order valence-electron chi connectivity index (χ0n) is 10.6. The van der Waals surface area contributed by atoms with Gasteiger partial charge in [-0.15, -0.1) is 0 Å². The fourth-order valence-corrected chi connectivity index (χ4v) is 2.36. The lowest BCUT2D eigenvalue weighted by Crippen LogP contribution is -1.87. The molecule has 3 nitrogen and oxygen atoms in total. The van der Waals surface area contributed by atoms with Crippen molar-refractivity contribution >= 4 is 16.6 Å². The second-order valence-electron chi connectivity index (χ2n) is 4.62. The number of aromatic nitrogens is 1. The smallest absolute Gasteiger partial charge is 0.0991 e. The number of anilines is 1. The molecule has 19 heavy (non-hydrogen) atoms. The molecule has 2 N–H and O–H groups in total. The van der Waals surface area contributed by atoms with Crippen LogP contribution in [0.15, 0.2) is 48.7 Å². The van der Waals surface area contributed by atoms with Gasteiger partial charge in [-0.1, -0.05) is 18.2 Å². The Balaban J connectivity index is 2.22. The molecule has 3 heteroatoms. The van der Waals surface area contributed by atoms with Crippen molar-refractivity contribution in [1.82, 2.24) is 4.57 Å². The molecule has 0 aliphatic carbocycles. The van der Waals surface area contributed by atoms with Gasteiger partial charge in [0.1, 0.15) is 0 Å². The van der Waals surface area contributed by atoms with E-state index in [9.17, 15) is 0 Å². The van der Waals surface area contributed by atoms with Crippen molar-refractivity contribution < 1.29 is 0 Å². The summed E-state index contributed by atoms with van der Waals surface area (Å²) >= 11 is 0. The minimum Gasteiger partial charge on any atom is -0.399 e. The maximum atomic E-state index is 8.84. The summed E-state index contributed by atoms with van der Waals surface area (Å²) in [5.74, 6) is 0. The number of nitrogens with two attached hydrogens (primary N) is 1. The zero-order chi connectivity index (χ0) is 13.4. The van der Waals surface area contributed by atoms with E-state index in [0.717, 1.165) is 22.3 Å². The van der Waals surface area contributed by atoms with Gasteiger partial charge in [-0.2, -0.15) is 5.26 Å². The van der Waals surface area contributed by atoms with E-state index in [4.69, 9.17) is 11.0 Å². The molecule has 0 atom stereocenters. The van der Waals surface area contributed by atoms with Gasteiger partial charge < -0.3 is 10.3 Å². The van der Waals surface area contributed by atoms with Crippen molar-refractivity contribution in [2.75, 3.05) is 5.73 Å². The van der Waals surface area contributed by atoms with Crippen LogP contribution in [0.2, 0.25) is 0 Å². The number of fused-ring (bicyclic) bond motifs is 1. The van der Waals surface area contributed by atoms with Crippen LogP contribution in [-0.4, -0.2) is 4.57 Å². The SMILES string of the molecule is Cn1cc(-c2ccc(C#N)cc2)c2ccc(N)cc21. The van der Waals surface area contributed by atoms with Gasteiger partial charge in [-0.3, -0.25) is 0 Å². The van der Waals surface area contributed by atoms with E-state index in [2.05, 4.69) is 16.8 Å². The van der Waals surface area contributed by atoms with Crippen molar-refractivity contribution in [3.8, 4) is 17.2 Å². The van der Waals surface area contributed by atoms with E-state index in [0.29, 0.717) is 5.56 Å². The molecule has 3 rings (SSSR count). The molecule has 1 heterocycles. The zero-order valence-corrected chi connectivity index (χ0v) is 10.6. The number of nitriles is 1. The molecule has 92 valence electrons. The molecular weight excluding hydrogens is 234 g/mol. The molecule has 0 fully saturated rings. The topological polar surface area (TPSA) is 54.7 Å². The fourth-order valence-electron chi connectivity index (χ4n) is 2.36. The van der Waals surface area contributed by atoms with E-state index in [1.807, 2.05) is 49.5 Å². The maximum absolute atomic E-state index is 8.84. The Morgan fingerprint density at radius 1 is 1.11 bits per heavy atom. The Hall–Kier alpha value is -2.73. The third-order valence-electron chi connectivity index (χ3n) is 3.34. The van der Waals surface area contributed by atoms with Crippen LogP contribution in [0.1, 0.15) is 5.56 Å². The lowest BCUT2D eigenvalue weighted by molar-refractivity contribution is 0.970. The van der Waals surface area contributed by atoms with Gasteiger partial charge >= 0.3 is 0 Å². The molecule has 0 amide bonds. The second kappa shape index (κ2) is 4.18. The average Bonchev–Trinajstić information content (AvgIpc) is 2.76. The van der Waals surface area contributed by atoms with E-state index in [1.165, 1.54) is 5.39 Å². The summed E-state index contributed by atoms with van der Waals surface area (Å²) in [6.07, 6.45) is 2.09. The second-order valence-corrected chi connectivity index (χ2v) is 4.62. The van der Waals surface area contributed by atoms with Gasteiger partial charge in [0, 0.05) is 29.9 Å². The van der Waals surface area contributed by atoms with Gasteiger partial charge in [-0.25, -0.2) is 0 Å². The Morgan fingerprint density at radius 2 is 1.84 bits per heavy atom.